The monoisotopic (exact) mass is 289 g/mol. The number of nitro groups is 1. The summed E-state index contributed by atoms with van der Waals surface area (Å²) >= 11 is 3.02. The van der Waals surface area contributed by atoms with Gasteiger partial charge >= 0.3 is 5.97 Å². The molecule has 0 aliphatic heterocycles. The number of carboxylic acids is 1. The number of benzene rings is 1. The predicted molar refractivity (Wildman–Crippen MR) is 57.5 cm³/mol. The second-order valence-electron chi connectivity index (χ2n) is 2.76. The van der Waals surface area contributed by atoms with Crippen LogP contribution >= 0.6 is 15.9 Å². The van der Waals surface area contributed by atoms with Crippen molar-refractivity contribution >= 4 is 33.7 Å². The van der Waals surface area contributed by atoms with Crippen molar-refractivity contribution in [3.8, 4) is 0 Å². The van der Waals surface area contributed by atoms with Crippen LogP contribution in [-0.2, 0) is 4.79 Å². The van der Waals surface area contributed by atoms with Gasteiger partial charge in [0.15, 0.2) is 0 Å². The third-order valence-electron chi connectivity index (χ3n) is 1.68. The van der Waals surface area contributed by atoms with Crippen molar-refractivity contribution in [2.45, 2.75) is 0 Å². The average molecular weight is 290 g/mol. The minimum atomic E-state index is -1.77. The molecule has 1 N–H and O–H groups in total. The Kier molecular flexibility index (Phi) is 3.73. The maximum Gasteiger partial charge on any atom is 0.364 e. The maximum absolute atomic E-state index is 12.8. The summed E-state index contributed by atoms with van der Waals surface area (Å²) in [5.74, 6) is -3.22. The summed E-state index contributed by atoms with van der Waals surface area (Å²) in [7, 11) is 0. The molecule has 0 aromatic heterocycles. The Labute approximate surface area is 97.5 Å². The highest BCUT2D eigenvalue weighted by atomic mass is 79.9. The van der Waals surface area contributed by atoms with Gasteiger partial charge in [0.2, 0.25) is 5.83 Å². The molecular formula is C9H5BrFNO4. The lowest BCUT2D eigenvalue weighted by molar-refractivity contribution is -0.385. The van der Waals surface area contributed by atoms with E-state index in [-0.39, 0.29) is 11.3 Å². The number of carboxylic acid groups (broad SMARTS) is 1. The Morgan fingerprint density at radius 2 is 2.19 bits per heavy atom. The molecule has 0 aliphatic carbocycles. The second-order valence-corrected chi connectivity index (χ2v) is 3.67. The molecule has 1 aromatic rings. The number of nitrogens with zero attached hydrogens (tertiary/aromatic N) is 1. The summed E-state index contributed by atoms with van der Waals surface area (Å²) in [6.45, 7) is 0. The Balaban J connectivity index is 3.29. The molecule has 84 valence electrons. The Morgan fingerprint density at radius 3 is 2.69 bits per heavy atom. The minimum absolute atomic E-state index is 0.104. The van der Waals surface area contributed by atoms with Crippen molar-refractivity contribution in [3.05, 3.63) is 44.2 Å². The van der Waals surface area contributed by atoms with Crippen LogP contribution in [0.4, 0.5) is 10.1 Å². The first-order valence-corrected chi connectivity index (χ1v) is 4.75. The number of hydrogen-bond donors (Lipinski definition) is 1. The summed E-state index contributed by atoms with van der Waals surface area (Å²) in [6.07, 6.45) is 0.604. The van der Waals surface area contributed by atoms with Gasteiger partial charge in [0.1, 0.15) is 0 Å². The van der Waals surface area contributed by atoms with Crippen molar-refractivity contribution in [1.29, 1.82) is 0 Å². The molecule has 0 amide bonds. The van der Waals surface area contributed by atoms with Crippen LogP contribution in [0.15, 0.2) is 28.5 Å². The van der Waals surface area contributed by atoms with E-state index in [4.69, 9.17) is 5.11 Å². The maximum atomic E-state index is 12.8. The molecule has 0 saturated carbocycles. The van der Waals surface area contributed by atoms with Crippen LogP contribution in [0.25, 0.3) is 6.08 Å². The lowest BCUT2D eigenvalue weighted by Gasteiger charge is -1.98. The summed E-state index contributed by atoms with van der Waals surface area (Å²) in [5, 5.41) is 18.9. The molecule has 0 atom stereocenters. The van der Waals surface area contributed by atoms with Gasteiger partial charge in [0.25, 0.3) is 5.69 Å². The van der Waals surface area contributed by atoms with Crippen LogP contribution < -0.4 is 0 Å². The van der Waals surface area contributed by atoms with Crippen LogP contribution in [0.2, 0.25) is 0 Å². The molecule has 1 rings (SSSR count). The van der Waals surface area contributed by atoms with Crippen molar-refractivity contribution in [2.24, 2.45) is 0 Å². The van der Waals surface area contributed by atoms with Gasteiger partial charge in [-0.2, -0.15) is 4.39 Å². The Hall–Kier alpha value is -1.76. The van der Waals surface area contributed by atoms with E-state index in [0.717, 1.165) is 0 Å². The molecule has 0 spiro atoms. The molecule has 5 nitrogen and oxygen atoms in total. The molecular weight excluding hydrogens is 285 g/mol. The molecule has 0 saturated heterocycles. The van der Waals surface area contributed by atoms with Gasteiger partial charge in [-0.05, 0) is 18.2 Å². The van der Waals surface area contributed by atoms with Gasteiger partial charge in [-0.1, -0.05) is 15.9 Å². The van der Waals surface area contributed by atoms with Gasteiger partial charge in [-0.15, -0.1) is 0 Å². The average Bonchev–Trinajstić information content (AvgIpc) is 2.20. The first kappa shape index (κ1) is 12.3. The van der Waals surface area contributed by atoms with E-state index in [1.165, 1.54) is 18.2 Å². The van der Waals surface area contributed by atoms with Crippen LogP contribution in [0.1, 0.15) is 5.56 Å². The molecule has 0 fully saturated rings. The fourth-order valence-electron chi connectivity index (χ4n) is 0.995. The number of carbonyl (C=O) groups is 1. The Morgan fingerprint density at radius 1 is 1.56 bits per heavy atom. The van der Waals surface area contributed by atoms with Crippen molar-refractivity contribution < 1.29 is 19.2 Å². The predicted octanol–water partition coefficient (Wildman–Crippen LogP) is 2.75. The van der Waals surface area contributed by atoms with Gasteiger partial charge in [-0.25, -0.2) is 4.79 Å². The summed E-state index contributed by atoms with van der Waals surface area (Å²) in [5.41, 5.74) is -0.473. The molecule has 1 aromatic carbocycles. The van der Waals surface area contributed by atoms with E-state index in [0.29, 0.717) is 10.5 Å². The number of rotatable bonds is 3. The van der Waals surface area contributed by atoms with E-state index >= 15 is 0 Å². The number of halogens is 2. The fraction of sp³-hybridized carbons (Fsp3) is 0. The highest BCUT2D eigenvalue weighted by Gasteiger charge is 2.15. The lowest BCUT2D eigenvalue weighted by atomic mass is 10.1. The quantitative estimate of drug-likeness (QED) is 0.527. The van der Waals surface area contributed by atoms with E-state index in [9.17, 15) is 19.3 Å². The third-order valence-corrected chi connectivity index (χ3v) is 2.17. The van der Waals surface area contributed by atoms with Gasteiger partial charge in [-0.3, -0.25) is 10.1 Å². The first-order chi connectivity index (χ1) is 7.41. The smallest absolute Gasteiger partial charge is 0.364 e. The highest BCUT2D eigenvalue weighted by molar-refractivity contribution is 9.10. The summed E-state index contributed by atoms with van der Waals surface area (Å²) in [6, 6.07) is 3.87. The zero-order valence-electron chi connectivity index (χ0n) is 7.68. The zero-order valence-corrected chi connectivity index (χ0v) is 9.27. The molecule has 16 heavy (non-hydrogen) atoms. The molecule has 0 unspecified atom stereocenters. The van der Waals surface area contributed by atoms with Crippen LogP contribution in [0, 0.1) is 10.1 Å². The number of aliphatic carboxylic acids is 1. The largest absolute Gasteiger partial charge is 0.476 e. The molecule has 7 heteroatoms. The second kappa shape index (κ2) is 4.84. The van der Waals surface area contributed by atoms with Crippen LogP contribution in [0.5, 0.6) is 0 Å². The normalized spacial score (nSPS) is 11.2. The fourth-order valence-corrected chi connectivity index (χ4v) is 1.34. The zero-order chi connectivity index (χ0) is 12.3. The number of hydrogen-bond acceptors (Lipinski definition) is 3. The van der Waals surface area contributed by atoms with Gasteiger partial charge in [0, 0.05) is 10.5 Å². The first-order valence-electron chi connectivity index (χ1n) is 3.96. The topological polar surface area (TPSA) is 80.4 Å². The molecule has 0 radical (unpaired) electrons. The minimum Gasteiger partial charge on any atom is -0.476 e. The summed E-state index contributed by atoms with van der Waals surface area (Å²) in [4.78, 5) is 20.1. The third kappa shape index (κ3) is 2.86. The Bertz CT molecular complexity index is 486. The van der Waals surface area contributed by atoms with E-state index in [1.54, 1.807) is 0 Å². The van der Waals surface area contributed by atoms with Crippen molar-refractivity contribution in [3.63, 3.8) is 0 Å². The van der Waals surface area contributed by atoms with Crippen molar-refractivity contribution in [2.75, 3.05) is 0 Å². The van der Waals surface area contributed by atoms with Gasteiger partial charge in [0.05, 0.1) is 10.5 Å². The molecule has 0 aliphatic rings. The van der Waals surface area contributed by atoms with Crippen LogP contribution in [-0.4, -0.2) is 16.0 Å². The number of nitro benzene ring substituents is 1. The van der Waals surface area contributed by atoms with Crippen LogP contribution in [0.3, 0.4) is 0 Å². The highest BCUT2D eigenvalue weighted by Crippen LogP contribution is 2.25. The van der Waals surface area contributed by atoms with E-state index in [2.05, 4.69) is 15.9 Å². The SMILES string of the molecule is O=C(O)/C(F)=C/c1ccc(Br)cc1[N+](=O)[O-]. The van der Waals surface area contributed by atoms with Crippen molar-refractivity contribution in [1.82, 2.24) is 0 Å². The lowest BCUT2D eigenvalue weighted by Crippen LogP contribution is -1.96. The standard InChI is InChI=1S/C9H5BrFNO4/c10-6-2-1-5(3-7(11)9(13)14)8(4-6)12(15)16/h1-4H,(H,13,14)/b7-3-. The molecule has 0 heterocycles. The van der Waals surface area contributed by atoms with E-state index in [1.807, 2.05) is 0 Å². The molecule has 0 bridgehead atoms. The van der Waals surface area contributed by atoms with E-state index < -0.39 is 16.7 Å². The summed E-state index contributed by atoms with van der Waals surface area (Å²) < 4.78 is 13.2. The van der Waals surface area contributed by atoms with Gasteiger partial charge < -0.3 is 5.11 Å².